The summed E-state index contributed by atoms with van der Waals surface area (Å²) in [7, 11) is 0. The van der Waals surface area contributed by atoms with Crippen molar-refractivity contribution in [2.24, 2.45) is 0 Å². The molecule has 0 fully saturated rings. The van der Waals surface area contributed by atoms with Gasteiger partial charge in [0.05, 0.1) is 25.6 Å². The number of unbranched alkanes of at least 4 members (excludes halogenated alkanes) is 5. The van der Waals surface area contributed by atoms with Crippen LogP contribution in [0.25, 0.3) is 10.8 Å². The van der Waals surface area contributed by atoms with Crippen LogP contribution in [0.5, 0.6) is 5.75 Å². The van der Waals surface area contributed by atoms with Crippen molar-refractivity contribution in [3.05, 3.63) is 77.9 Å². The van der Waals surface area contributed by atoms with E-state index in [1.54, 1.807) is 24.3 Å². The van der Waals surface area contributed by atoms with Crippen molar-refractivity contribution < 1.29 is 126 Å². The molecule has 8 atom stereocenters. The van der Waals surface area contributed by atoms with Crippen LogP contribution >= 0.6 is 12.6 Å². The first kappa shape index (κ1) is 84.2. The van der Waals surface area contributed by atoms with E-state index in [0.29, 0.717) is 49.7 Å². The van der Waals surface area contributed by atoms with Gasteiger partial charge in [0, 0.05) is 45.2 Å². The number of carbonyl (C=O) groups excluding carboxylic acids is 9. The van der Waals surface area contributed by atoms with Crippen LogP contribution in [-0.4, -0.2) is 222 Å². The Morgan fingerprint density at radius 2 is 0.786 bits per heavy atom. The fraction of sp³-hybridized carbons (Fsp3) is 0.508. The topological polar surface area (TPSA) is 541 Å². The number of carboxylic acids is 5. The van der Waals surface area contributed by atoms with Gasteiger partial charge >= 0.3 is 42.1 Å². The lowest BCUT2D eigenvalue weighted by molar-refractivity contribution is -0.192. The summed E-state index contributed by atoms with van der Waals surface area (Å²) >= 11 is 3.79. The number of urea groups is 1. The van der Waals surface area contributed by atoms with Crippen LogP contribution in [-0.2, 0) is 75.2 Å². The second kappa shape index (κ2) is 44.8. The number of alkyl halides is 3. The normalized spacial score (nSPS) is 13.4. The van der Waals surface area contributed by atoms with E-state index in [9.17, 15) is 111 Å². The maximum Gasteiger partial charge on any atom is 0.490 e. The van der Waals surface area contributed by atoms with Crippen LogP contribution in [0.3, 0.4) is 0 Å². The molecular weight excluding hydrogens is 1330 g/mol. The molecule has 0 aliphatic rings. The van der Waals surface area contributed by atoms with E-state index in [2.05, 4.69) is 65.8 Å². The number of fused-ring (bicyclic) bond motifs is 1. The van der Waals surface area contributed by atoms with Crippen molar-refractivity contribution >= 4 is 107 Å². The van der Waals surface area contributed by atoms with Crippen molar-refractivity contribution in [2.75, 3.05) is 38.7 Å². The summed E-state index contributed by atoms with van der Waals surface area (Å²) in [6, 6.07) is 4.36. The lowest BCUT2D eigenvalue weighted by atomic mass is 9.99. The minimum absolute atomic E-state index is 0.0319. The number of aliphatic hydroxyl groups excluding tert-OH is 3. The SMILES string of the molecule is O=C(O)C(F)(F)F.O=C(O)CC[C@H](NC(=O)N[C@@H](CCCCNC(=O)CCCCCCC(=O)NCCCC[C@@H](NC(=O)[C@@H](Cc1ccc2ccccc2c1)NC(=O)[C@@H](Cc1ccc(O)cc1)NC(=O)[C@@H](CO)NC(=O)[C@@H](CO)NC(=O)[C@@H](CO)NC(=O)CS)C(=O)O)C(=O)O)C(=O)O. The van der Waals surface area contributed by atoms with Gasteiger partial charge in [-0.3, -0.25) is 43.2 Å². The molecule has 3 aromatic rings. The van der Waals surface area contributed by atoms with Gasteiger partial charge in [-0.1, -0.05) is 67.4 Å². The average Bonchev–Trinajstić information content (AvgIpc) is 0.846. The number of halogens is 3. The molecule has 0 spiro atoms. The smallest absolute Gasteiger partial charge is 0.490 e. The molecule has 542 valence electrons. The maximum atomic E-state index is 14.4. The molecule has 3 aromatic carbocycles. The number of nitrogens with one attached hydrogen (secondary N) is 10. The van der Waals surface area contributed by atoms with Gasteiger partial charge in [0.2, 0.25) is 47.3 Å². The Kier molecular flexibility index (Phi) is 38.5. The molecule has 19 N–H and O–H groups in total. The van der Waals surface area contributed by atoms with Crippen LogP contribution in [0.1, 0.15) is 101 Å². The Labute approximate surface area is 563 Å². The minimum atomic E-state index is -5.08. The van der Waals surface area contributed by atoms with Crippen molar-refractivity contribution in [1.29, 1.82) is 0 Å². The Morgan fingerprint density at radius 3 is 1.20 bits per heavy atom. The lowest BCUT2D eigenvalue weighted by Crippen LogP contribution is -2.61. The van der Waals surface area contributed by atoms with Crippen LogP contribution in [0.15, 0.2) is 66.7 Å². The average molecular weight is 1410 g/mol. The summed E-state index contributed by atoms with van der Waals surface area (Å²) in [6.07, 6.45) is -2.74. The van der Waals surface area contributed by atoms with Gasteiger partial charge in [-0.25, -0.2) is 24.0 Å². The Morgan fingerprint density at radius 1 is 0.408 bits per heavy atom. The number of hydrogen-bond donors (Lipinski definition) is 20. The quantitative estimate of drug-likeness (QED) is 0.0235. The standard InChI is InChI=1S/C59H82N10O21S.C2HF3O2/c70-30-44(62-49(76)33-91)53(81)66-46(32-72)55(83)67-45(31-71)54(82)65-42(28-34-18-21-38(73)22-19-34)52(80)64-43(29-35-17-20-36-11-5-6-12-37(36)27-35)51(79)63-39(56(84)85)13-7-9-25-60-47(74)15-3-1-2-4-16-48(75)61-26-10-8-14-40(57(86)87)68-59(90)69-41(58(88)89)23-24-50(77)78;3-2(4,5)1(6)7/h5-6,11-12,17-22,27,39-46,70-73,91H,1-4,7-10,13-16,23-26,28-33H2,(H,60,74)(H,61,75)(H,62,76)(H,63,79)(H,64,80)(H,65,82)(H,66,81)(H,67,83)(H,77,78)(H,84,85)(H,86,87)(H,88,89)(H2,68,69,90);(H,6,7)/t39-,40+,41+,42-,43-,44-,45-,46-;/m1./s1. The van der Waals surface area contributed by atoms with Crippen molar-refractivity contribution in [1.82, 2.24) is 53.2 Å². The highest BCUT2D eigenvalue weighted by Crippen LogP contribution is 2.19. The molecule has 0 aliphatic heterocycles. The van der Waals surface area contributed by atoms with E-state index < -0.39 is 158 Å². The molecule has 0 heterocycles. The molecule has 3 rings (SSSR count). The summed E-state index contributed by atoms with van der Waals surface area (Å²) in [5.41, 5.74) is 0.921. The number of phenols is 1. The number of hydrogen-bond acceptors (Lipinski definition) is 19. The lowest BCUT2D eigenvalue weighted by Gasteiger charge is -2.27. The van der Waals surface area contributed by atoms with E-state index in [0.717, 1.165) is 10.8 Å². The highest BCUT2D eigenvalue weighted by molar-refractivity contribution is 7.81. The monoisotopic (exact) mass is 1410 g/mol. The Balaban J connectivity index is 0.00000441. The van der Waals surface area contributed by atoms with Crippen LogP contribution in [0, 0.1) is 0 Å². The van der Waals surface area contributed by atoms with E-state index in [4.69, 9.17) is 15.0 Å². The molecule has 37 heteroatoms. The van der Waals surface area contributed by atoms with Crippen LogP contribution in [0.2, 0.25) is 0 Å². The first-order valence-corrected chi connectivity index (χ1v) is 31.3. The van der Waals surface area contributed by atoms with E-state index in [-0.39, 0.29) is 87.8 Å². The Hall–Kier alpha value is -9.88. The second-order valence-electron chi connectivity index (χ2n) is 22.0. The first-order valence-electron chi connectivity index (χ1n) is 30.6. The minimum Gasteiger partial charge on any atom is -0.508 e. The van der Waals surface area contributed by atoms with Gasteiger partial charge in [0.1, 0.15) is 54.1 Å². The van der Waals surface area contributed by atoms with E-state index in [1.165, 1.54) is 24.3 Å². The highest BCUT2D eigenvalue weighted by atomic mass is 32.1. The van der Waals surface area contributed by atoms with Gasteiger partial charge in [0.15, 0.2) is 0 Å². The fourth-order valence-electron chi connectivity index (χ4n) is 8.97. The zero-order valence-corrected chi connectivity index (χ0v) is 53.7. The molecule has 0 saturated heterocycles. The zero-order valence-electron chi connectivity index (χ0n) is 52.8. The van der Waals surface area contributed by atoms with Gasteiger partial charge < -0.3 is 99.1 Å². The number of aliphatic hydroxyl groups is 3. The molecule has 0 aromatic heterocycles. The molecule has 0 saturated carbocycles. The number of carboxylic acid groups (broad SMARTS) is 5. The van der Waals surface area contributed by atoms with Crippen molar-refractivity contribution in [3.8, 4) is 5.75 Å². The number of thiol groups is 1. The molecule has 10 amide bonds. The van der Waals surface area contributed by atoms with Gasteiger partial charge in [-0.15, -0.1) is 0 Å². The van der Waals surface area contributed by atoms with Crippen molar-refractivity contribution in [3.63, 3.8) is 0 Å². The number of amides is 10. The summed E-state index contributed by atoms with van der Waals surface area (Å²) in [5, 5.41) is 110. The van der Waals surface area contributed by atoms with Gasteiger partial charge in [-0.05, 0) is 91.8 Å². The maximum absolute atomic E-state index is 14.4. The number of phenolic OH excluding ortho intramolecular Hbond substituents is 1. The summed E-state index contributed by atoms with van der Waals surface area (Å²) < 4.78 is 31.7. The summed E-state index contributed by atoms with van der Waals surface area (Å²) in [5.74, 6) is -15.3. The molecule has 33 nitrogen and oxygen atoms in total. The van der Waals surface area contributed by atoms with Crippen LogP contribution < -0.4 is 53.2 Å². The first-order chi connectivity index (χ1) is 46.3. The van der Waals surface area contributed by atoms with Gasteiger partial charge in [0.25, 0.3) is 0 Å². The number of aliphatic carboxylic acids is 5. The van der Waals surface area contributed by atoms with E-state index in [1.807, 2.05) is 18.2 Å². The third-order valence-electron chi connectivity index (χ3n) is 14.3. The third-order valence-corrected chi connectivity index (χ3v) is 14.5. The highest BCUT2D eigenvalue weighted by Gasteiger charge is 2.38. The largest absolute Gasteiger partial charge is 0.508 e. The molecule has 0 bridgehead atoms. The third kappa shape index (κ3) is 33.7. The zero-order chi connectivity index (χ0) is 73.5. The number of carbonyl (C=O) groups is 14. The van der Waals surface area contributed by atoms with Crippen LogP contribution in [0.4, 0.5) is 18.0 Å². The summed E-state index contributed by atoms with van der Waals surface area (Å²) in [4.78, 5) is 173. The molecule has 0 aliphatic carbocycles. The number of rotatable bonds is 44. The van der Waals surface area contributed by atoms with Crippen molar-refractivity contribution in [2.45, 2.75) is 157 Å². The fourth-order valence-corrected chi connectivity index (χ4v) is 9.06. The summed E-state index contributed by atoms with van der Waals surface area (Å²) in [6.45, 7) is -2.62. The molecule has 98 heavy (non-hydrogen) atoms. The molecule has 0 radical (unpaired) electrons. The predicted molar refractivity (Wildman–Crippen MR) is 340 cm³/mol. The second-order valence-corrected chi connectivity index (χ2v) is 22.3. The van der Waals surface area contributed by atoms with E-state index >= 15 is 0 Å². The number of benzene rings is 3. The predicted octanol–water partition coefficient (Wildman–Crippen LogP) is -1.15. The molecule has 0 unspecified atom stereocenters. The number of aromatic hydroxyl groups is 1. The Bertz CT molecular complexity index is 3190. The molecular formula is C61H83F3N10O23S. The van der Waals surface area contributed by atoms with Gasteiger partial charge in [-0.2, -0.15) is 25.8 Å².